The Morgan fingerprint density at radius 1 is 1.75 bits per heavy atom. The molecule has 0 aromatic carbocycles. The summed E-state index contributed by atoms with van der Waals surface area (Å²) in [5.41, 5.74) is 11.4. The lowest BCUT2D eigenvalue weighted by atomic mass is 10.2. The van der Waals surface area contributed by atoms with E-state index in [1.807, 2.05) is 0 Å². The van der Waals surface area contributed by atoms with Crippen molar-refractivity contribution in [2.24, 2.45) is 11.5 Å². The molecule has 46 valence electrons. The molecule has 0 saturated heterocycles. The molecule has 0 spiro atoms. The Labute approximate surface area is 48.9 Å². The summed E-state index contributed by atoms with van der Waals surface area (Å²) in [7, 11) is 0. The number of hydrogen-bond acceptors (Lipinski definition) is 3. The van der Waals surface area contributed by atoms with E-state index in [2.05, 4.69) is 0 Å². The molecular weight excluding hydrogens is 102 g/mol. The molecule has 0 radical (unpaired) electrons. The molecule has 0 aliphatic carbocycles. The van der Waals surface area contributed by atoms with Gasteiger partial charge < -0.3 is 16.9 Å². The quantitative estimate of drug-likeness (QED) is 0.435. The molecule has 0 fully saturated rings. The molecule has 0 bridgehead atoms. The van der Waals surface area contributed by atoms with Gasteiger partial charge in [-0.15, -0.1) is 0 Å². The van der Waals surface area contributed by atoms with E-state index < -0.39 is 0 Å². The van der Waals surface area contributed by atoms with Crippen LogP contribution < -0.4 is 11.5 Å². The third-order valence-electron chi connectivity index (χ3n) is 0.903. The number of rotatable bonds is 2. The molecule has 0 aliphatic heterocycles. The first-order chi connectivity index (χ1) is 3.72. The number of nitrogens with one attached hydrogen (secondary N) is 1. The van der Waals surface area contributed by atoms with Gasteiger partial charge in [-0.3, -0.25) is 0 Å². The minimum atomic E-state index is 0.353. The predicted molar refractivity (Wildman–Crippen MR) is 34.7 cm³/mol. The second-order valence-electron chi connectivity index (χ2n) is 1.52. The molecular formula is C5H11N3. The van der Waals surface area contributed by atoms with Crippen LogP contribution >= 0.6 is 0 Å². The maximum absolute atomic E-state index is 7.02. The van der Waals surface area contributed by atoms with E-state index in [1.165, 1.54) is 6.20 Å². The molecule has 3 nitrogen and oxygen atoms in total. The van der Waals surface area contributed by atoms with E-state index in [0.29, 0.717) is 17.8 Å². The highest BCUT2D eigenvalue weighted by Crippen LogP contribution is 1.88. The molecule has 0 amide bonds. The Balaban J connectivity index is 3.92. The molecule has 0 heterocycles. The lowest BCUT2D eigenvalue weighted by molar-refractivity contribution is 1.18. The molecule has 0 saturated carbocycles. The smallest absolute Gasteiger partial charge is 0.0342 e. The summed E-state index contributed by atoms with van der Waals surface area (Å²) in [4.78, 5) is 0. The lowest BCUT2D eigenvalue weighted by Crippen LogP contribution is -2.10. The average Bonchev–Trinajstić information content (AvgIpc) is 1.69. The second kappa shape index (κ2) is 3.21. The fourth-order valence-corrected chi connectivity index (χ4v) is 0.346. The van der Waals surface area contributed by atoms with Gasteiger partial charge in [-0.25, -0.2) is 0 Å². The average molecular weight is 113 g/mol. The van der Waals surface area contributed by atoms with Crippen molar-refractivity contribution in [2.45, 2.75) is 6.92 Å². The topological polar surface area (TPSA) is 75.9 Å². The third-order valence-corrected chi connectivity index (χ3v) is 0.903. The van der Waals surface area contributed by atoms with E-state index in [-0.39, 0.29) is 0 Å². The largest absolute Gasteiger partial charge is 0.404 e. The normalized spacial score (nSPS) is 11.5. The molecule has 5 N–H and O–H groups in total. The molecule has 0 atom stereocenters. The van der Waals surface area contributed by atoms with Crippen LogP contribution in [-0.2, 0) is 0 Å². The zero-order chi connectivity index (χ0) is 6.57. The maximum Gasteiger partial charge on any atom is 0.0342 e. The van der Waals surface area contributed by atoms with Gasteiger partial charge in [0.1, 0.15) is 0 Å². The maximum atomic E-state index is 7.02. The van der Waals surface area contributed by atoms with Crippen molar-refractivity contribution in [2.75, 3.05) is 6.54 Å². The van der Waals surface area contributed by atoms with E-state index in [4.69, 9.17) is 16.9 Å². The first-order valence-corrected chi connectivity index (χ1v) is 2.38. The Morgan fingerprint density at radius 3 is 2.25 bits per heavy atom. The fraction of sp³-hybridized carbons (Fsp3) is 0.400. The second-order valence-corrected chi connectivity index (χ2v) is 1.52. The molecule has 0 aliphatic rings. The van der Waals surface area contributed by atoms with Crippen LogP contribution in [0, 0.1) is 5.41 Å². The van der Waals surface area contributed by atoms with Gasteiger partial charge in [0.15, 0.2) is 0 Å². The van der Waals surface area contributed by atoms with Gasteiger partial charge in [0, 0.05) is 24.0 Å². The Morgan fingerprint density at radius 2 is 2.25 bits per heavy atom. The van der Waals surface area contributed by atoms with Crippen LogP contribution in [0.1, 0.15) is 6.92 Å². The van der Waals surface area contributed by atoms with E-state index >= 15 is 0 Å². The fourth-order valence-electron chi connectivity index (χ4n) is 0.346. The van der Waals surface area contributed by atoms with E-state index in [1.54, 1.807) is 6.92 Å². The third kappa shape index (κ3) is 1.75. The molecule has 3 heteroatoms. The predicted octanol–water partition coefficient (Wildman–Crippen LogP) is -0.173. The van der Waals surface area contributed by atoms with Crippen molar-refractivity contribution in [1.82, 2.24) is 0 Å². The van der Waals surface area contributed by atoms with Crippen molar-refractivity contribution in [3.63, 3.8) is 0 Å². The van der Waals surface area contributed by atoms with Crippen LogP contribution in [0.3, 0.4) is 0 Å². The van der Waals surface area contributed by atoms with Crippen LogP contribution in [0.4, 0.5) is 0 Å². The summed E-state index contributed by atoms with van der Waals surface area (Å²) in [6, 6.07) is 0. The zero-order valence-electron chi connectivity index (χ0n) is 4.94. The summed E-state index contributed by atoms with van der Waals surface area (Å²) in [5.74, 6) is 0. The Hall–Kier alpha value is -0.830. The van der Waals surface area contributed by atoms with Gasteiger partial charge in [-0.2, -0.15) is 0 Å². The molecule has 0 aromatic heterocycles. The van der Waals surface area contributed by atoms with Gasteiger partial charge >= 0.3 is 0 Å². The van der Waals surface area contributed by atoms with E-state index in [0.717, 1.165) is 0 Å². The van der Waals surface area contributed by atoms with Gasteiger partial charge in [0.05, 0.1) is 0 Å². The minimum Gasteiger partial charge on any atom is -0.404 e. The van der Waals surface area contributed by atoms with Crippen molar-refractivity contribution in [3.05, 3.63) is 11.8 Å². The summed E-state index contributed by atoms with van der Waals surface area (Å²) < 4.78 is 0. The van der Waals surface area contributed by atoms with Crippen LogP contribution in [0.2, 0.25) is 0 Å². The number of hydrogen-bond donors (Lipinski definition) is 3. The lowest BCUT2D eigenvalue weighted by Gasteiger charge is -1.96. The van der Waals surface area contributed by atoms with Crippen LogP contribution in [0.25, 0.3) is 0 Å². The highest BCUT2D eigenvalue weighted by molar-refractivity contribution is 5.95. The van der Waals surface area contributed by atoms with Crippen molar-refractivity contribution < 1.29 is 0 Å². The Bertz CT molecular complexity index is 115. The Kier molecular flexibility index (Phi) is 2.88. The monoisotopic (exact) mass is 113 g/mol. The van der Waals surface area contributed by atoms with Crippen LogP contribution in [0.5, 0.6) is 0 Å². The molecule has 0 aromatic rings. The highest BCUT2D eigenvalue weighted by atomic mass is 14.6. The summed E-state index contributed by atoms with van der Waals surface area (Å²) in [6.07, 6.45) is 1.36. The van der Waals surface area contributed by atoms with Gasteiger partial charge in [0.2, 0.25) is 0 Å². The summed E-state index contributed by atoms with van der Waals surface area (Å²) in [6.45, 7) is 2.01. The van der Waals surface area contributed by atoms with E-state index in [9.17, 15) is 0 Å². The van der Waals surface area contributed by atoms with Crippen LogP contribution in [-0.4, -0.2) is 12.3 Å². The van der Waals surface area contributed by atoms with Crippen LogP contribution in [0.15, 0.2) is 11.8 Å². The summed E-state index contributed by atoms with van der Waals surface area (Å²) in [5, 5.41) is 7.02. The SMILES string of the molecule is CC(=N)/C(=C\N)CN. The van der Waals surface area contributed by atoms with Gasteiger partial charge in [-0.1, -0.05) is 0 Å². The first-order valence-electron chi connectivity index (χ1n) is 2.38. The van der Waals surface area contributed by atoms with Crippen molar-refractivity contribution in [1.29, 1.82) is 5.41 Å². The molecule has 0 rings (SSSR count). The molecule has 8 heavy (non-hydrogen) atoms. The molecule has 0 unspecified atom stereocenters. The first kappa shape index (κ1) is 7.17. The number of nitrogens with two attached hydrogens (primary N) is 2. The highest BCUT2D eigenvalue weighted by Gasteiger charge is 1.92. The van der Waals surface area contributed by atoms with Gasteiger partial charge in [0.25, 0.3) is 0 Å². The minimum absolute atomic E-state index is 0.353. The van der Waals surface area contributed by atoms with Crippen molar-refractivity contribution >= 4 is 5.71 Å². The standard InChI is InChI=1S/C5H11N3/c1-4(8)5(2-6)3-7/h2,8H,3,6-7H2,1H3/b5-2-,8-4?. The van der Waals surface area contributed by atoms with Crippen molar-refractivity contribution in [3.8, 4) is 0 Å². The van der Waals surface area contributed by atoms with Gasteiger partial charge in [-0.05, 0) is 6.92 Å². The zero-order valence-corrected chi connectivity index (χ0v) is 4.94. The summed E-state index contributed by atoms with van der Waals surface area (Å²) >= 11 is 0.